The number of carbonyl (C=O) groups is 1. The molecule has 1 fully saturated rings. The first-order valence-corrected chi connectivity index (χ1v) is 8.50. The fourth-order valence-corrected chi connectivity index (χ4v) is 2.81. The zero-order valence-electron chi connectivity index (χ0n) is 13.7. The summed E-state index contributed by atoms with van der Waals surface area (Å²) in [6, 6.07) is 3.17. The van der Waals surface area contributed by atoms with Gasteiger partial charge in [0.2, 0.25) is 0 Å². The van der Waals surface area contributed by atoms with Crippen molar-refractivity contribution < 1.29 is 28.8 Å². The highest BCUT2D eigenvalue weighted by molar-refractivity contribution is 6.35. The lowest BCUT2D eigenvalue weighted by molar-refractivity contribution is -0.157. The molecule has 0 radical (unpaired) electrons. The average molecular weight is 391 g/mol. The van der Waals surface area contributed by atoms with Crippen LogP contribution in [0.25, 0.3) is 6.08 Å². The van der Waals surface area contributed by atoms with E-state index in [4.69, 9.17) is 42.1 Å². The number of hydrogen-bond acceptors (Lipinski definition) is 6. The van der Waals surface area contributed by atoms with Gasteiger partial charge in [-0.15, -0.1) is 0 Å². The van der Waals surface area contributed by atoms with Crippen LogP contribution in [0.3, 0.4) is 0 Å². The Balaban J connectivity index is 2.12. The maximum absolute atomic E-state index is 11.8. The molecule has 25 heavy (non-hydrogen) atoms. The molecule has 0 spiro atoms. The van der Waals surface area contributed by atoms with Crippen molar-refractivity contribution in [3.63, 3.8) is 0 Å². The summed E-state index contributed by atoms with van der Waals surface area (Å²) >= 11 is 12.2. The van der Waals surface area contributed by atoms with Gasteiger partial charge < -0.3 is 24.1 Å². The third-order valence-corrected chi connectivity index (χ3v) is 4.13. The van der Waals surface area contributed by atoms with Gasteiger partial charge in [0.15, 0.2) is 6.79 Å². The van der Waals surface area contributed by atoms with Crippen molar-refractivity contribution in [2.75, 3.05) is 33.7 Å². The van der Waals surface area contributed by atoms with E-state index >= 15 is 0 Å². The molecule has 6 nitrogen and oxygen atoms in total. The number of cyclic esters (lactones) is 1. The van der Waals surface area contributed by atoms with E-state index in [1.807, 2.05) is 0 Å². The largest absolute Gasteiger partial charge is 0.467 e. The van der Waals surface area contributed by atoms with Crippen molar-refractivity contribution in [2.45, 2.75) is 12.5 Å². The van der Waals surface area contributed by atoms with Crippen LogP contribution in [-0.4, -0.2) is 50.9 Å². The summed E-state index contributed by atoms with van der Waals surface area (Å²) in [6.45, 7) is 1.05. The fraction of sp³-hybridized carbons (Fsp3) is 0.471. The van der Waals surface area contributed by atoms with Crippen molar-refractivity contribution in [1.82, 2.24) is 0 Å². The van der Waals surface area contributed by atoms with Crippen LogP contribution in [-0.2, 0) is 19.0 Å². The third kappa shape index (κ3) is 5.87. The molecule has 1 heterocycles. The van der Waals surface area contributed by atoms with Crippen molar-refractivity contribution in [3.8, 4) is 5.75 Å². The van der Waals surface area contributed by atoms with Crippen LogP contribution in [0.1, 0.15) is 12.0 Å². The van der Waals surface area contributed by atoms with Crippen molar-refractivity contribution in [2.24, 2.45) is 5.92 Å². The molecule has 2 atom stereocenters. The molecule has 138 valence electrons. The molecule has 1 N–H and O–H groups in total. The van der Waals surface area contributed by atoms with Crippen molar-refractivity contribution in [1.29, 1.82) is 0 Å². The molecule has 0 saturated carbocycles. The molecule has 0 aliphatic carbocycles. The molecule has 0 aromatic heterocycles. The van der Waals surface area contributed by atoms with Gasteiger partial charge in [0.25, 0.3) is 0 Å². The number of benzene rings is 1. The van der Waals surface area contributed by atoms with E-state index in [1.165, 1.54) is 0 Å². The molecule has 2 rings (SSSR count). The van der Waals surface area contributed by atoms with Gasteiger partial charge >= 0.3 is 5.97 Å². The van der Waals surface area contributed by atoms with Crippen molar-refractivity contribution >= 4 is 35.2 Å². The van der Waals surface area contributed by atoms with E-state index in [1.54, 1.807) is 31.4 Å². The monoisotopic (exact) mass is 390 g/mol. The zero-order valence-corrected chi connectivity index (χ0v) is 15.3. The zero-order chi connectivity index (χ0) is 18.2. The number of aliphatic hydroxyl groups excluding tert-OH is 1. The topological polar surface area (TPSA) is 74.2 Å². The molecule has 1 aromatic carbocycles. The van der Waals surface area contributed by atoms with Crippen molar-refractivity contribution in [3.05, 3.63) is 33.8 Å². The minimum Gasteiger partial charge on any atom is -0.467 e. The Bertz CT molecular complexity index is 619. The van der Waals surface area contributed by atoms with Gasteiger partial charge in [-0.05, 0) is 12.1 Å². The van der Waals surface area contributed by atoms with Gasteiger partial charge in [-0.25, -0.2) is 0 Å². The van der Waals surface area contributed by atoms with Gasteiger partial charge in [-0.1, -0.05) is 35.4 Å². The molecular weight excluding hydrogens is 371 g/mol. The Morgan fingerprint density at radius 2 is 2.16 bits per heavy atom. The number of aliphatic hydroxyl groups is 1. The number of halogens is 2. The minimum absolute atomic E-state index is 0.00499. The van der Waals surface area contributed by atoms with E-state index in [0.29, 0.717) is 41.0 Å². The summed E-state index contributed by atoms with van der Waals surface area (Å²) in [5.41, 5.74) is 0.534. The lowest BCUT2D eigenvalue weighted by Gasteiger charge is -2.23. The van der Waals surface area contributed by atoms with E-state index in [0.717, 1.165) is 0 Å². The summed E-state index contributed by atoms with van der Waals surface area (Å²) < 4.78 is 20.7. The van der Waals surface area contributed by atoms with Gasteiger partial charge in [-0.3, -0.25) is 4.79 Å². The third-order valence-electron chi connectivity index (χ3n) is 3.60. The molecule has 1 aliphatic heterocycles. The lowest BCUT2D eigenvalue weighted by atomic mass is 9.96. The Kier molecular flexibility index (Phi) is 7.99. The molecule has 1 aromatic rings. The smallest absolute Gasteiger partial charge is 0.315 e. The standard InChI is InChI=1S/C17H20Cl2O6/c1-22-6-7-23-10-25-16-9-11(18)8-14(19)12(16)2-3-13-15(20)4-5-24-17(13)21/h2-3,8-9,13,15,20H,4-7,10H2,1H3. The highest BCUT2D eigenvalue weighted by Crippen LogP contribution is 2.33. The van der Waals surface area contributed by atoms with Crippen LogP contribution in [0.5, 0.6) is 5.75 Å². The second-order valence-corrected chi connectivity index (χ2v) is 6.21. The quantitative estimate of drug-likeness (QED) is 0.417. The lowest BCUT2D eigenvalue weighted by Crippen LogP contribution is -2.34. The molecule has 1 saturated heterocycles. The molecule has 1 aliphatic rings. The minimum atomic E-state index is -0.787. The SMILES string of the molecule is COCCOCOc1cc(Cl)cc(Cl)c1C=CC1C(=O)OCCC1O. The van der Waals surface area contributed by atoms with E-state index in [2.05, 4.69) is 0 Å². The van der Waals surface area contributed by atoms with E-state index in [9.17, 15) is 9.90 Å². The molecule has 0 bridgehead atoms. The maximum atomic E-state index is 11.8. The first-order chi connectivity index (χ1) is 12.0. The molecule has 8 heteroatoms. The predicted molar refractivity (Wildman–Crippen MR) is 93.9 cm³/mol. The molecule has 0 amide bonds. The van der Waals surface area contributed by atoms with Crippen LogP contribution in [0.15, 0.2) is 18.2 Å². The summed E-state index contributed by atoms with van der Waals surface area (Å²) in [7, 11) is 1.58. The predicted octanol–water partition coefficient (Wildman–Crippen LogP) is 2.93. The maximum Gasteiger partial charge on any atom is 0.315 e. The van der Waals surface area contributed by atoms with Crippen LogP contribution < -0.4 is 4.74 Å². The van der Waals surface area contributed by atoms with E-state index in [-0.39, 0.29) is 13.4 Å². The number of hydrogen-bond donors (Lipinski definition) is 1. The number of carbonyl (C=O) groups excluding carboxylic acids is 1. The number of rotatable bonds is 8. The Hall–Kier alpha value is -1.31. The van der Waals surface area contributed by atoms with Gasteiger partial charge in [0, 0.05) is 24.1 Å². The summed E-state index contributed by atoms with van der Waals surface area (Å²) in [5, 5.41) is 10.7. The van der Waals surface area contributed by atoms with Crippen LogP contribution in [0.2, 0.25) is 10.0 Å². The van der Waals surface area contributed by atoms with Gasteiger partial charge in [-0.2, -0.15) is 0 Å². The Morgan fingerprint density at radius 3 is 2.88 bits per heavy atom. The average Bonchev–Trinajstić information content (AvgIpc) is 2.56. The Labute approximate surface area is 156 Å². The summed E-state index contributed by atoms with van der Waals surface area (Å²) in [5.74, 6) is -0.804. The van der Waals surface area contributed by atoms with Crippen LogP contribution in [0, 0.1) is 5.92 Å². The normalized spacial score (nSPS) is 20.7. The van der Waals surface area contributed by atoms with Crippen LogP contribution in [0.4, 0.5) is 0 Å². The van der Waals surface area contributed by atoms with Gasteiger partial charge in [0.05, 0.1) is 30.9 Å². The van der Waals surface area contributed by atoms with Crippen LogP contribution >= 0.6 is 23.2 Å². The first kappa shape index (κ1) is 20.0. The van der Waals surface area contributed by atoms with E-state index < -0.39 is 18.0 Å². The summed E-state index contributed by atoms with van der Waals surface area (Å²) in [4.78, 5) is 11.8. The second kappa shape index (κ2) is 9.99. The highest BCUT2D eigenvalue weighted by atomic mass is 35.5. The first-order valence-electron chi connectivity index (χ1n) is 7.74. The molecule has 2 unspecified atom stereocenters. The molecular formula is C17H20Cl2O6. The summed E-state index contributed by atoms with van der Waals surface area (Å²) in [6.07, 6.45) is 2.78. The number of methoxy groups -OCH3 is 1. The number of ether oxygens (including phenoxy) is 4. The Morgan fingerprint density at radius 1 is 1.36 bits per heavy atom. The second-order valence-electron chi connectivity index (χ2n) is 5.37. The fourth-order valence-electron chi connectivity index (χ4n) is 2.27. The highest BCUT2D eigenvalue weighted by Gasteiger charge is 2.30. The number of esters is 1. The van der Waals surface area contributed by atoms with Gasteiger partial charge in [0.1, 0.15) is 11.7 Å².